The minimum absolute atomic E-state index is 0.0591. The van der Waals surface area contributed by atoms with Crippen LogP contribution in [-0.2, 0) is 36.6 Å². The van der Waals surface area contributed by atoms with Crippen molar-refractivity contribution in [3.63, 3.8) is 0 Å². The largest absolute Gasteiger partial charge is 0.444 e. The highest BCUT2D eigenvalue weighted by molar-refractivity contribution is 5.97. The van der Waals surface area contributed by atoms with Crippen LogP contribution in [0.5, 0.6) is 0 Å². The van der Waals surface area contributed by atoms with Gasteiger partial charge in [0.15, 0.2) is 5.84 Å². The third-order valence-electron chi connectivity index (χ3n) is 7.67. The van der Waals surface area contributed by atoms with Gasteiger partial charge in [0.05, 0.1) is 12.1 Å². The van der Waals surface area contributed by atoms with E-state index < -0.39 is 60.5 Å². The molecule has 312 valence electrons. The predicted molar refractivity (Wildman–Crippen MR) is 188 cm³/mol. The monoisotopic (exact) mass is 816 g/mol. The van der Waals surface area contributed by atoms with Gasteiger partial charge in [-0.1, -0.05) is 34.6 Å². The molecule has 0 fully saturated rings. The van der Waals surface area contributed by atoms with Gasteiger partial charge in [-0.25, -0.2) is 19.2 Å². The number of alkyl halides is 6. The van der Waals surface area contributed by atoms with Crippen LogP contribution in [0.15, 0.2) is 46.1 Å². The standard InChI is InChI=1S/C17H19F2N3O3.C15H21N3O3.C4H2F4O3/c1-17(2,3)24-16(23)20-12-7-5-9-8-10(4-6-11(9)12)14-21-15(13(18)19)25-22-14;1-15(2,3)21-14(19)17-12-7-5-9-8-10(13(16)18-20)4-6-11(9)12;5-1(6)3(9)11-4(10)2(7)8/h4,6,8,12-13H,5,7H2,1-3H3,(H,20,23);4,6,8,12,20H,5,7H2,1-3H3,(H2,16,18)(H,17,19);1-2H/t2*12-;/m11./s1. The minimum atomic E-state index is -3.57. The number of aromatic nitrogens is 2. The zero-order valence-corrected chi connectivity index (χ0v) is 31.6. The predicted octanol–water partition coefficient (Wildman–Crippen LogP) is 7.07. The Kier molecular flexibility index (Phi) is 15.4. The van der Waals surface area contributed by atoms with Gasteiger partial charge < -0.3 is 40.3 Å². The maximum absolute atomic E-state index is 12.6. The Hall–Kier alpha value is -5.89. The minimum Gasteiger partial charge on any atom is -0.444 e. The molecule has 57 heavy (non-hydrogen) atoms. The second-order valence-corrected chi connectivity index (χ2v) is 14.4. The Morgan fingerprint density at radius 3 is 1.70 bits per heavy atom. The van der Waals surface area contributed by atoms with Crippen molar-refractivity contribution in [3.8, 4) is 11.4 Å². The molecule has 5 rings (SSSR count). The van der Waals surface area contributed by atoms with Crippen molar-refractivity contribution < 1.29 is 69.5 Å². The smallest absolute Gasteiger partial charge is 0.408 e. The molecule has 0 bridgehead atoms. The molecule has 2 amide bonds. The summed E-state index contributed by atoms with van der Waals surface area (Å²) in [4.78, 5) is 46.9. The first kappa shape index (κ1) is 45.5. The molecule has 3 aromatic rings. The number of fused-ring (bicyclic) bond motifs is 2. The zero-order chi connectivity index (χ0) is 42.8. The Bertz CT molecular complexity index is 1910. The average molecular weight is 817 g/mol. The molecule has 15 nitrogen and oxygen atoms in total. The summed E-state index contributed by atoms with van der Waals surface area (Å²) >= 11 is 0. The number of nitrogens with one attached hydrogen (secondary N) is 2. The van der Waals surface area contributed by atoms with Crippen LogP contribution in [0.4, 0.5) is 35.9 Å². The number of carbonyl (C=O) groups excluding carboxylic acids is 4. The molecule has 0 radical (unpaired) electrons. The maximum atomic E-state index is 12.6. The number of aryl methyl sites for hydroxylation is 2. The Morgan fingerprint density at radius 2 is 1.28 bits per heavy atom. The first-order chi connectivity index (χ1) is 26.5. The molecule has 21 heteroatoms. The van der Waals surface area contributed by atoms with E-state index in [0.717, 1.165) is 47.9 Å². The third-order valence-corrected chi connectivity index (χ3v) is 7.67. The summed E-state index contributed by atoms with van der Waals surface area (Å²) in [6, 6.07) is 10.8. The van der Waals surface area contributed by atoms with Crippen molar-refractivity contribution in [1.82, 2.24) is 20.8 Å². The van der Waals surface area contributed by atoms with Crippen LogP contribution in [0.1, 0.15) is 107 Å². The summed E-state index contributed by atoms with van der Waals surface area (Å²) in [7, 11) is 0. The molecule has 0 spiro atoms. The number of rotatable bonds is 7. The second-order valence-electron chi connectivity index (χ2n) is 14.4. The van der Waals surface area contributed by atoms with E-state index in [9.17, 15) is 45.5 Å². The van der Waals surface area contributed by atoms with Gasteiger partial charge in [0.1, 0.15) is 11.2 Å². The number of benzene rings is 2. The number of esters is 2. The Morgan fingerprint density at radius 1 is 0.807 bits per heavy atom. The molecule has 0 saturated heterocycles. The van der Waals surface area contributed by atoms with Crippen LogP contribution in [0, 0.1) is 0 Å². The molecule has 0 unspecified atom stereocenters. The van der Waals surface area contributed by atoms with Crippen LogP contribution in [0.25, 0.3) is 11.4 Å². The number of alkyl carbamates (subject to hydrolysis) is 2. The summed E-state index contributed by atoms with van der Waals surface area (Å²) in [5.74, 6) is -5.02. The highest BCUT2D eigenvalue weighted by Crippen LogP contribution is 2.35. The number of ether oxygens (including phenoxy) is 3. The summed E-state index contributed by atoms with van der Waals surface area (Å²) < 4.78 is 87.9. The van der Waals surface area contributed by atoms with E-state index in [1.165, 1.54) is 0 Å². The number of carbonyl (C=O) groups is 4. The number of nitrogens with two attached hydrogens (primary N) is 1. The molecule has 2 aliphatic rings. The summed E-state index contributed by atoms with van der Waals surface area (Å²) in [5, 5.41) is 21.0. The fraction of sp³-hybridized carbons (Fsp3) is 0.472. The fourth-order valence-corrected chi connectivity index (χ4v) is 5.42. The average Bonchev–Trinajstić information content (AvgIpc) is 3.86. The molecule has 2 aromatic carbocycles. The highest BCUT2D eigenvalue weighted by Gasteiger charge is 2.29. The number of amidine groups is 1. The second kappa shape index (κ2) is 19.3. The lowest BCUT2D eigenvalue weighted by Crippen LogP contribution is -2.34. The van der Waals surface area contributed by atoms with Gasteiger partial charge in [0, 0.05) is 11.1 Å². The van der Waals surface area contributed by atoms with Crippen LogP contribution >= 0.6 is 0 Å². The van der Waals surface area contributed by atoms with Crippen LogP contribution in [0.3, 0.4) is 0 Å². The molecule has 0 aliphatic heterocycles. The van der Waals surface area contributed by atoms with E-state index in [0.29, 0.717) is 11.1 Å². The molecular formula is C36H42F6N6O9. The summed E-state index contributed by atoms with van der Waals surface area (Å²) in [6.07, 6.45) is -7.67. The van der Waals surface area contributed by atoms with Crippen LogP contribution < -0.4 is 16.4 Å². The summed E-state index contributed by atoms with van der Waals surface area (Å²) in [5.41, 5.74) is 9.93. The lowest BCUT2D eigenvalue weighted by Gasteiger charge is -2.22. The maximum Gasteiger partial charge on any atom is 0.408 e. The van der Waals surface area contributed by atoms with Crippen LogP contribution in [0.2, 0.25) is 0 Å². The number of halogens is 6. The zero-order valence-electron chi connectivity index (χ0n) is 31.6. The van der Waals surface area contributed by atoms with Crippen molar-refractivity contribution in [2.24, 2.45) is 10.9 Å². The van der Waals surface area contributed by atoms with E-state index in [1.54, 1.807) is 32.9 Å². The number of amides is 2. The van der Waals surface area contributed by atoms with Gasteiger partial charge in [-0.2, -0.15) is 31.3 Å². The Balaban J connectivity index is 0.000000247. The number of nitrogens with zero attached hydrogens (tertiary/aromatic N) is 3. The molecule has 1 aromatic heterocycles. The first-order valence-corrected chi connectivity index (χ1v) is 17.1. The van der Waals surface area contributed by atoms with Crippen molar-refractivity contribution >= 4 is 30.0 Å². The van der Waals surface area contributed by atoms with E-state index in [4.69, 9.17) is 20.4 Å². The molecule has 2 atom stereocenters. The van der Waals surface area contributed by atoms with Crippen molar-refractivity contribution in [1.29, 1.82) is 0 Å². The molecular weight excluding hydrogens is 774 g/mol. The van der Waals surface area contributed by atoms with Gasteiger partial charge in [0.2, 0.25) is 5.82 Å². The first-order valence-electron chi connectivity index (χ1n) is 17.1. The van der Waals surface area contributed by atoms with Gasteiger partial charge in [-0.3, -0.25) is 0 Å². The van der Waals surface area contributed by atoms with Gasteiger partial charge >= 0.3 is 43.4 Å². The quantitative estimate of drug-likeness (QED) is 0.0275. The summed E-state index contributed by atoms with van der Waals surface area (Å²) in [6.45, 7) is 10.9. The van der Waals surface area contributed by atoms with Crippen molar-refractivity contribution in [3.05, 3.63) is 70.1 Å². The van der Waals surface area contributed by atoms with E-state index in [1.807, 2.05) is 45.0 Å². The lowest BCUT2D eigenvalue weighted by atomic mass is 10.0. The molecule has 1 heterocycles. The lowest BCUT2D eigenvalue weighted by molar-refractivity contribution is -0.174. The van der Waals surface area contributed by atoms with Gasteiger partial charge in [-0.05, 0) is 102 Å². The van der Waals surface area contributed by atoms with E-state index in [2.05, 4.69) is 35.2 Å². The topological polar surface area (TPSA) is 218 Å². The van der Waals surface area contributed by atoms with Gasteiger partial charge in [-0.15, -0.1) is 0 Å². The highest BCUT2D eigenvalue weighted by atomic mass is 19.3. The molecule has 5 N–H and O–H groups in total. The number of oxime groups is 1. The Labute approximate surface area is 322 Å². The molecule has 0 saturated carbocycles. The van der Waals surface area contributed by atoms with E-state index >= 15 is 0 Å². The molecule has 2 aliphatic carbocycles. The number of hydrogen-bond donors (Lipinski definition) is 4. The van der Waals surface area contributed by atoms with Gasteiger partial charge in [0.25, 0.3) is 5.89 Å². The van der Waals surface area contributed by atoms with E-state index in [-0.39, 0.29) is 23.7 Å². The third kappa shape index (κ3) is 14.0. The normalized spacial score (nSPS) is 16.1. The SMILES string of the molecule is CC(C)(C)OC(=O)N[C@@H]1CCc2cc(-c3noc(C(F)F)n3)ccc21.CC(C)(C)OC(=O)N[C@@H]1CCc2cc(C(N)=NO)ccc21.O=C(OC(=O)C(F)F)C(F)F. The van der Waals surface area contributed by atoms with Crippen LogP contribution in [-0.4, -0.2) is 69.4 Å². The fourth-order valence-electron chi connectivity index (χ4n) is 5.42. The number of hydrogen-bond acceptors (Lipinski definition) is 12. The van der Waals surface area contributed by atoms with Crippen molar-refractivity contribution in [2.45, 2.75) is 110 Å². The van der Waals surface area contributed by atoms with Crippen molar-refractivity contribution in [2.75, 3.05) is 0 Å².